The maximum Gasteiger partial charge on any atom is 0.223 e. The lowest BCUT2D eigenvalue weighted by Crippen LogP contribution is -2.38. The summed E-state index contributed by atoms with van der Waals surface area (Å²) in [5.41, 5.74) is 3.55. The number of carbonyl (C=O) groups is 1. The third-order valence-electron chi connectivity index (χ3n) is 5.71. The van der Waals surface area contributed by atoms with Crippen molar-refractivity contribution in [2.75, 3.05) is 13.1 Å². The zero-order valence-corrected chi connectivity index (χ0v) is 15.3. The van der Waals surface area contributed by atoms with Gasteiger partial charge in [-0.05, 0) is 36.0 Å². The SMILES string of the molecule is CC1CCN(C(=O)CC(c2ccccc2)c2c[nH]c3ccccc23)CC1. The second-order valence-electron chi connectivity index (χ2n) is 7.52. The number of nitrogens with one attached hydrogen (secondary N) is 1. The summed E-state index contributed by atoms with van der Waals surface area (Å²) in [7, 11) is 0. The van der Waals surface area contributed by atoms with Gasteiger partial charge in [-0.25, -0.2) is 0 Å². The molecule has 1 saturated heterocycles. The number of fused-ring (bicyclic) bond motifs is 1. The molecule has 1 N–H and O–H groups in total. The smallest absolute Gasteiger partial charge is 0.223 e. The molecular formula is C23H26N2O. The minimum atomic E-state index is 0.0826. The van der Waals surface area contributed by atoms with Crippen molar-refractivity contribution in [3.63, 3.8) is 0 Å². The van der Waals surface area contributed by atoms with Gasteiger partial charge in [0.15, 0.2) is 0 Å². The van der Waals surface area contributed by atoms with E-state index in [1.54, 1.807) is 0 Å². The Kier molecular flexibility index (Phi) is 4.79. The van der Waals surface area contributed by atoms with E-state index in [1.807, 2.05) is 12.1 Å². The zero-order chi connectivity index (χ0) is 17.9. The van der Waals surface area contributed by atoms with Crippen molar-refractivity contribution in [1.29, 1.82) is 0 Å². The third-order valence-corrected chi connectivity index (χ3v) is 5.71. The van der Waals surface area contributed by atoms with Crippen LogP contribution in [0.1, 0.15) is 43.2 Å². The van der Waals surface area contributed by atoms with E-state index in [0.29, 0.717) is 6.42 Å². The number of para-hydroxylation sites is 1. The van der Waals surface area contributed by atoms with E-state index in [-0.39, 0.29) is 11.8 Å². The van der Waals surface area contributed by atoms with Crippen molar-refractivity contribution < 1.29 is 4.79 Å². The van der Waals surface area contributed by atoms with E-state index < -0.39 is 0 Å². The van der Waals surface area contributed by atoms with Crippen molar-refractivity contribution in [2.24, 2.45) is 5.92 Å². The monoisotopic (exact) mass is 346 g/mol. The third kappa shape index (κ3) is 3.39. The molecule has 0 spiro atoms. The topological polar surface area (TPSA) is 36.1 Å². The molecule has 2 heterocycles. The van der Waals surface area contributed by atoms with Crippen LogP contribution in [0.4, 0.5) is 0 Å². The zero-order valence-electron chi connectivity index (χ0n) is 15.3. The van der Waals surface area contributed by atoms with Crippen LogP contribution in [-0.4, -0.2) is 28.9 Å². The highest BCUT2D eigenvalue weighted by molar-refractivity contribution is 5.86. The molecule has 3 nitrogen and oxygen atoms in total. The predicted molar refractivity (Wildman–Crippen MR) is 106 cm³/mol. The molecule has 3 aromatic rings. The van der Waals surface area contributed by atoms with Gasteiger partial charge in [0.1, 0.15) is 0 Å². The largest absolute Gasteiger partial charge is 0.361 e. The standard InChI is InChI=1S/C23H26N2O/c1-17-11-13-25(14-12-17)23(26)15-20(18-7-3-2-4-8-18)21-16-24-22-10-6-5-9-19(21)22/h2-10,16-17,20,24H,11-15H2,1H3. The van der Waals surface area contributed by atoms with Crippen molar-refractivity contribution in [3.05, 3.63) is 71.9 Å². The van der Waals surface area contributed by atoms with E-state index in [9.17, 15) is 4.79 Å². The molecule has 1 aliphatic heterocycles. The number of aromatic amines is 1. The average molecular weight is 346 g/mol. The lowest BCUT2D eigenvalue weighted by Gasteiger charge is -2.31. The highest BCUT2D eigenvalue weighted by atomic mass is 16.2. The fourth-order valence-corrected chi connectivity index (χ4v) is 4.04. The minimum absolute atomic E-state index is 0.0826. The van der Waals surface area contributed by atoms with E-state index in [2.05, 4.69) is 65.5 Å². The molecule has 0 saturated carbocycles. The number of carbonyl (C=O) groups excluding carboxylic acids is 1. The fraction of sp³-hybridized carbons (Fsp3) is 0.348. The molecule has 4 rings (SSSR count). The van der Waals surface area contributed by atoms with Crippen LogP contribution in [0, 0.1) is 5.92 Å². The summed E-state index contributed by atoms with van der Waals surface area (Å²) in [5.74, 6) is 1.09. The first-order valence-corrected chi connectivity index (χ1v) is 9.61. The number of hydrogen-bond donors (Lipinski definition) is 1. The summed E-state index contributed by atoms with van der Waals surface area (Å²) >= 11 is 0. The van der Waals surface area contributed by atoms with Crippen LogP contribution < -0.4 is 0 Å². The first-order valence-electron chi connectivity index (χ1n) is 9.61. The maximum atomic E-state index is 13.0. The Morgan fingerprint density at radius 2 is 1.77 bits per heavy atom. The summed E-state index contributed by atoms with van der Waals surface area (Å²) in [4.78, 5) is 18.5. The Bertz CT molecular complexity index is 875. The molecule has 1 fully saturated rings. The van der Waals surface area contributed by atoms with Crippen LogP contribution in [0.25, 0.3) is 10.9 Å². The predicted octanol–water partition coefficient (Wildman–Crippen LogP) is 4.95. The summed E-state index contributed by atoms with van der Waals surface area (Å²) < 4.78 is 0. The molecular weight excluding hydrogens is 320 g/mol. The molecule has 134 valence electrons. The number of amides is 1. The Morgan fingerprint density at radius 1 is 1.08 bits per heavy atom. The van der Waals surface area contributed by atoms with Crippen LogP contribution in [0.15, 0.2) is 60.8 Å². The van der Waals surface area contributed by atoms with E-state index in [1.165, 1.54) is 16.5 Å². The number of benzene rings is 2. The molecule has 1 amide bonds. The van der Waals surface area contributed by atoms with Gasteiger partial charge in [0, 0.05) is 42.5 Å². The summed E-state index contributed by atoms with van der Waals surface area (Å²) in [6.07, 6.45) is 4.85. The van der Waals surface area contributed by atoms with Crippen molar-refractivity contribution >= 4 is 16.8 Å². The number of rotatable bonds is 4. The number of hydrogen-bond acceptors (Lipinski definition) is 1. The van der Waals surface area contributed by atoms with E-state index >= 15 is 0 Å². The van der Waals surface area contributed by atoms with Gasteiger partial charge in [0.25, 0.3) is 0 Å². The summed E-state index contributed by atoms with van der Waals surface area (Å²) in [5, 5.41) is 1.21. The highest BCUT2D eigenvalue weighted by Crippen LogP contribution is 2.34. The summed E-state index contributed by atoms with van der Waals surface area (Å²) in [6.45, 7) is 4.07. The summed E-state index contributed by atoms with van der Waals surface area (Å²) in [6, 6.07) is 18.8. The molecule has 1 aliphatic rings. The molecule has 2 aromatic carbocycles. The molecule has 1 atom stereocenters. The number of nitrogens with zero attached hydrogens (tertiary/aromatic N) is 1. The van der Waals surface area contributed by atoms with Crippen molar-refractivity contribution in [1.82, 2.24) is 9.88 Å². The van der Waals surface area contributed by atoms with Crippen LogP contribution in [0.3, 0.4) is 0 Å². The average Bonchev–Trinajstić information content (AvgIpc) is 3.11. The lowest BCUT2D eigenvalue weighted by molar-refractivity contribution is -0.132. The van der Waals surface area contributed by atoms with Gasteiger partial charge >= 0.3 is 0 Å². The number of piperidine rings is 1. The number of H-pyrrole nitrogens is 1. The van der Waals surface area contributed by atoms with Gasteiger partial charge in [0.05, 0.1) is 0 Å². The Hall–Kier alpha value is -2.55. The van der Waals surface area contributed by atoms with Crippen LogP contribution >= 0.6 is 0 Å². The molecule has 3 heteroatoms. The first-order chi connectivity index (χ1) is 12.7. The van der Waals surface area contributed by atoms with Gasteiger partial charge in [-0.1, -0.05) is 55.5 Å². The minimum Gasteiger partial charge on any atom is -0.361 e. The second-order valence-corrected chi connectivity index (χ2v) is 7.52. The van der Waals surface area contributed by atoms with Gasteiger partial charge < -0.3 is 9.88 Å². The molecule has 1 aromatic heterocycles. The van der Waals surface area contributed by atoms with Gasteiger partial charge in [-0.2, -0.15) is 0 Å². The van der Waals surface area contributed by atoms with E-state index in [0.717, 1.165) is 37.4 Å². The van der Waals surface area contributed by atoms with Crippen LogP contribution in [0.5, 0.6) is 0 Å². The van der Waals surface area contributed by atoms with Gasteiger partial charge in [-0.15, -0.1) is 0 Å². The van der Waals surface area contributed by atoms with Crippen LogP contribution in [0.2, 0.25) is 0 Å². The highest BCUT2D eigenvalue weighted by Gasteiger charge is 2.26. The maximum absolute atomic E-state index is 13.0. The molecule has 0 radical (unpaired) electrons. The molecule has 1 unspecified atom stereocenters. The van der Waals surface area contributed by atoms with Crippen LogP contribution in [-0.2, 0) is 4.79 Å². The first kappa shape index (κ1) is 16.9. The molecule has 0 aliphatic carbocycles. The normalized spacial score (nSPS) is 16.7. The van der Waals surface area contributed by atoms with Crippen molar-refractivity contribution in [3.8, 4) is 0 Å². The Labute approximate surface area is 155 Å². The second kappa shape index (κ2) is 7.36. The fourth-order valence-electron chi connectivity index (χ4n) is 4.04. The van der Waals surface area contributed by atoms with Gasteiger partial charge in [0.2, 0.25) is 5.91 Å². The molecule has 0 bridgehead atoms. The Balaban J connectivity index is 1.65. The van der Waals surface area contributed by atoms with E-state index in [4.69, 9.17) is 0 Å². The van der Waals surface area contributed by atoms with Crippen molar-refractivity contribution in [2.45, 2.75) is 32.1 Å². The number of likely N-dealkylation sites (tertiary alicyclic amines) is 1. The molecule has 26 heavy (non-hydrogen) atoms. The lowest BCUT2D eigenvalue weighted by atomic mass is 9.87. The van der Waals surface area contributed by atoms with Gasteiger partial charge in [-0.3, -0.25) is 4.79 Å². The Morgan fingerprint density at radius 3 is 2.54 bits per heavy atom. The number of aromatic nitrogens is 1. The quantitative estimate of drug-likeness (QED) is 0.713.